The summed E-state index contributed by atoms with van der Waals surface area (Å²) < 4.78 is 37.6. The number of carbonyl (C=O) groups excluding carboxylic acids is 1. The van der Waals surface area contributed by atoms with Gasteiger partial charge in [-0.15, -0.1) is 0 Å². The number of ketones is 1. The molecule has 0 aliphatic heterocycles. The number of alkyl halides is 3. The summed E-state index contributed by atoms with van der Waals surface area (Å²) in [5.41, 5.74) is 1.49. The fourth-order valence-corrected chi connectivity index (χ4v) is 1.77. The molecule has 0 fully saturated rings. The molecule has 0 unspecified atom stereocenters. The van der Waals surface area contributed by atoms with Crippen LogP contribution in [0.1, 0.15) is 84.8 Å². The predicted molar refractivity (Wildman–Crippen MR) is 120 cm³/mol. The third-order valence-electron chi connectivity index (χ3n) is 3.67. The lowest BCUT2D eigenvalue weighted by molar-refractivity contribution is -0.137. The Morgan fingerprint density at radius 1 is 1.03 bits per heavy atom. The maximum Gasteiger partial charge on any atom is 0.416 e. The molecular formula is C25H37F3O. The van der Waals surface area contributed by atoms with E-state index in [0.29, 0.717) is 16.9 Å². The highest BCUT2D eigenvalue weighted by molar-refractivity contribution is 5.75. The van der Waals surface area contributed by atoms with Gasteiger partial charge < -0.3 is 4.79 Å². The van der Waals surface area contributed by atoms with Crippen molar-refractivity contribution >= 4 is 11.4 Å². The monoisotopic (exact) mass is 410 g/mol. The topological polar surface area (TPSA) is 17.1 Å². The average Bonchev–Trinajstić information content (AvgIpc) is 2.66. The van der Waals surface area contributed by atoms with Gasteiger partial charge in [0, 0.05) is 6.42 Å². The molecule has 164 valence electrons. The quantitative estimate of drug-likeness (QED) is 0.410. The number of Topliss-reactive ketones (excluding diaryl/α,β-unsaturated/α-hetero) is 1. The van der Waals surface area contributed by atoms with E-state index in [1.54, 1.807) is 25.1 Å². The van der Waals surface area contributed by atoms with E-state index < -0.39 is 11.7 Å². The molecule has 0 aliphatic carbocycles. The van der Waals surface area contributed by atoms with Crippen molar-refractivity contribution in [2.75, 3.05) is 0 Å². The molecule has 0 aliphatic rings. The molecule has 4 heteroatoms. The maximum atomic E-state index is 12.5. The maximum absolute atomic E-state index is 12.5. The third kappa shape index (κ3) is 17.7. The first-order chi connectivity index (χ1) is 13.5. The van der Waals surface area contributed by atoms with E-state index in [2.05, 4.69) is 27.4 Å². The van der Waals surface area contributed by atoms with Crippen LogP contribution in [0, 0.1) is 0 Å². The number of hydrogen-bond acceptors (Lipinski definition) is 1. The van der Waals surface area contributed by atoms with Crippen molar-refractivity contribution in [2.45, 2.75) is 79.8 Å². The SMILES string of the molecule is C=C(/C=C\C=C(C)C)c1cccc(C(F)(F)F)c1.CCCC.CCCCC(C)=O. The summed E-state index contributed by atoms with van der Waals surface area (Å²) >= 11 is 0. The van der Waals surface area contributed by atoms with Gasteiger partial charge in [-0.1, -0.05) is 82.5 Å². The second-order valence-corrected chi connectivity index (χ2v) is 7.01. The highest BCUT2D eigenvalue weighted by atomic mass is 19.4. The highest BCUT2D eigenvalue weighted by Crippen LogP contribution is 2.30. The van der Waals surface area contributed by atoms with Crippen molar-refractivity contribution in [3.05, 3.63) is 65.8 Å². The standard InChI is InChI=1S/C15H15F3.C6H12O.C4H10/c1-11(2)6-4-7-12(3)13-8-5-9-14(10-13)15(16,17)18;1-3-4-5-6(2)7;1-3-4-2/h4-10H,3H2,1-2H3;3-5H2,1-2H3;3-4H2,1-2H3/b7-4-;;. The molecule has 0 saturated carbocycles. The van der Waals surface area contributed by atoms with Crippen LogP contribution in [0.15, 0.2) is 54.6 Å². The summed E-state index contributed by atoms with van der Waals surface area (Å²) in [6.45, 7) is 15.7. The number of rotatable bonds is 7. The molecule has 1 rings (SSSR count). The van der Waals surface area contributed by atoms with Crippen molar-refractivity contribution in [3.63, 3.8) is 0 Å². The van der Waals surface area contributed by atoms with Crippen molar-refractivity contribution in [1.82, 2.24) is 0 Å². The zero-order chi connectivity index (χ0) is 22.9. The van der Waals surface area contributed by atoms with E-state index >= 15 is 0 Å². The van der Waals surface area contributed by atoms with Crippen molar-refractivity contribution in [1.29, 1.82) is 0 Å². The van der Waals surface area contributed by atoms with E-state index in [1.165, 1.54) is 18.9 Å². The van der Waals surface area contributed by atoms with Gasteiger partial charge in [-0.25, -0.2) is 0 Å². The van der Waals surface area contributed by atoms with Crippen LogP contribution < -0.4 is 0 Å². The Bertz CT molecular complexity index is 646. The Hall–Kier alpha value is -2.10. The summed E-state index contributed by atoms with van der Waals surface area (Å²) in [6.07, 6.45) is 6.60. The number of carbonyl (C=O) groups is 1. The first kappa shape index (κ1) is 29.1. The molecule has 0 bridgehead atoms. The second kappa shape index (κ2) is 16.8. The Labute approximate surface area is 175 Å². The Kier molecular flexibility index (Phi) is 16.9. The van der Waals surface area contributed by atoms with Crippen LogP contribution in [0.4, 0.5) is 13.2 Å². The van der Waals surface area contributed by atoms with Crippen LogP contribution in [0.2, 0.25) is 0 Å². The zero-order valence-corrected chi connectivity index (χ0v) is 18.8. The summed E-state index contributed by atoms with van der Waals surface area (Å²) in [7, 11) is 0. The minimum absolute atomic E-state index is 0.307. The normalized spacial score (nSPS) is 10.4. The van der Waals surface area contributed by atoms with Gasteiger partial charge in [0.2, 0.25) is 0 Å². The van der Waals surface area contributed by atoms with Crippen molar-refractivity contribution < 1.29 is 18.0 Å². The first-order valence-corrected chi connectivity index (χ1v) is 10.2. The molecule has 0 N–H and O–H groups in total. The third-order valence-corrected chi connectivity index (χ3v) is 3.67. The van der Waals surface area contributed by atoms with E-state index in [1.807, 2.05) is 19.9 Å². The van der Waals surface area contributed by atoms with E-state index in [-0.39, 0.29) is 0 Å². The summed E-state index contributed by atoms with van der Waals surface area (Å²) in [6, 6.07) is 5.16. The first-order valence-electron chi connectivity index (χ1n) is 10.2. The van der Waals surface area contributed by atoms with Gasteiger partial charge in [0.25, 0.3) is 0 Å². The molecule has 0 aromatic heterocycles. The molecule has 0 saturated heterocycles. The summed E-state index contributed by atoms with van der Waals surface area (Å²) in [4.78, 5) is 10.2. The zero-order valence-electron chi connectivity index (χ0n) is 18.8. The number of benzene rings is 1. The number of unbranched alkanes of at least 4 members (excludes halogenated alkanes) is 2. The smallest absolute Gasteiger partial charge is 0.300 e. The average molecular weight is 411 g/mol. The van der Waals surface area contributed by atoms with Crippen LogP contribution in [-0.2, 0) is 11.0 Å². The predicted octanol–water partition coefficient (Wildman–Crippen LogP) is 8.81. The summed E-state index contributed by atoms with van der Waals surface area (Å²) in [5.74, 6) is 0.307. The van der Waals surface area contributed by atoms with Gasteiger partial charge in [0.15, 0.2) is 0 Å². The van der Waals surface area contributed by atoms with Crippen LogP contribution in [0.25, 0.3) is 5.57 Å². The van der Waals surface area contributed by atoms with Crippen LogP contribution in [0.5, 0.6) is 0 Å². The number of halogens is 3. The van der Waals surface area contributed by atoms with Gasteiger partial charge in [-0.05, 0) is 50.5 Å². The number of allylic oxidation sites excluding steroid dienone is 5. The molecule has 0 spiro atoms. The lowest BCUT2D eigenvalue weighted by Crippen LogP contribution is -2.04. The lowest BCUT2D eigenvalue weighted by Gasteiger charge is -2.08. The Morgan fingerprint density at radius 2 is 1.62 bits per heavy atom. The van der Waals surface area contributed by atoms with Crippen molar-refractivity contribution in [3.8, 4) is 0 Å². The van der Waals surface area contributed by atoms with Crippen molar-refractivity contribution in [2.24, 2.45) is 0 Å². The Morgan fingerprint density at radius 3 is 2.00 bits per heavy atom. The molecule has 0 heterocycles. The minimum Gasteiger partial charge on any atom is -0.300 e. The van der Waals surface area contributed by atoms with E-state index in [0.717, 1.165) is 37.0 Å². The second-order valence-electron chi connectivity index (χ2n) is 7.01. The molecule has 0 amide bonds. The molecule has 0 atom stereocenters. The van der Waals surface area contributed by atoms with E-state index in [4.69, 9.17) is 0 Å². The van der Waals surface area contributed by atoms with Gasteiger partial charge in [-0.3, -0.25) is 0 Å². The fraction of sp³-hybridized carbons (Fsp3) is 0.480. The van der Waals surface area contributed by atoms with Gasteiger partial charge in [0.05, 0.1) is 5.56 Å². The lowest BCUT2D eigenvalue weighted by atomic mass is 10.0. The molecule has 1 aromatic carbocycles. The number of hydrogen-bond donors (Lipinski definition) is 0. The molecule has 29 heavy (non-hydrogen) atoms. The molecule has 0 radical (unpaired) electrons. The largest absolute Gasteiger partial charge is 0.416 e. The molecular weight excluding hydrogens is 373 g/mol. The highest BCUT2D eigenvalue weighted by Gasteiger charge is 2.30. The van der Waals surface area contributed by atoms with E-state index in [9.17, 15) is 18.0 Å². The van der Waals surface area contributed by atoms with Gasteiger partial charge in [0.1, 0.15) is 5.78 Å². The molecule has 1 aromatic rings. The van der Waals surface area contributed by atoms with Crippen LogP contribution in [-0.4, -0.2) is 5.78 Å². The van der Waals surface area contributed by atoms with Gasteiger partial charge in [-0.2, -0.15) is 13.2 Å². The molecule has 1 nitrogen and oxygen atoms in total. The van der Waals surface area contributed by atoms with Crippen LogP contribution in [0.3, 0.4) is 0 Å². The Balaban J connectivity index is 0. The minimum atomic E-state index is -4.32. The van der Waals surface area contributed by atoms with Crippen LogP contribution >= 0.6 is 0 Å². The fourth-order valence-electron chi connectivity index (χ4n) is 1.77. The van der Waals surface area contributed by atoms with Gasteiger partial charge >= 0.3 is 6.18 Å². The summed E-state index contributed by atoms with van der Waals surface area (Å²) in [5, 5.41) is 0.